The molecule has 172 valence electrons. The fraction of sp³-hybridized carbons (Fsp3) is 0.111. The minimum Gasteiger partial charge on any atom is -0.497 e. The number of anilines is 2. The second-order valence-electron chi connectivity index (χ2n) is 7.62. The van der Waals surface area contributed by atoms with Gasteiger partial charge in [0, 0.05) is 11.4 Å². The summed E-state index contributed by atoms with van der Waals surface area (Å²) in [5.41, 5.74) is 2.75. The lowest BCUT2D eigenvalue weighted by atomic mass is 10.1. The highest BCUT2D eigenvalue weighted by Gasteiger charge is 2.21. The molecule has 2 amide bonds. The Bertz CT molecular complexity index is 1250. The summed E-state index contributed by atoms with van der Waals surface area (Å²) in [7, 11) is 1.58. The largest absolute Gasteiger partial charge is 0.497 e. The van der Waals surface area contributed by atoms with Gasteiger partial charge in [-0.15, -0.1) is 0 Å². The number of halogens is 1. The number of carbonyl (C=O) groups excluding carboxylic acids is 2. The monoisotopic (exact) mass is 458 g/mol. The van der Waals surface area contributed by atoms with Gasteiger partial charge in [0.15, 0.2) is 5.76 Å². The molecule has 1 heterocycles. The standard InChI is InChI=1S/C27H23FN2O4/c1-33-24-13-11-22(12-14-24)29-26(31)17-20-4-2-5-23(16-20)30(27(32)25-6-3-15-34-25)18-19-7-9-21(28)10-8-19/h2-16H,17-18H2,1H3,(H,29,31). The van der Waals surface area contributed by atoms with Crippen LogP contribution < -0.4 is 15.0 Å². The van der Waals surface area contributed by atoms with Crippen LogP contribution in [0.3, 0.4) is 0 Å². The number of benzene rings is 3. The van der Waals surface area contributed by atoms with E-state index < -0.39 is 0 Å². The fourth-order valence-corrected chi connectivity index (χ4v) is 3.49. The van der Waals surface area contributed by atoms with Gasteiger partial charge in [-0.3, -0.25) is 9.59 Å². The Morgan fingerprint density at radius 1 is 0.941 bits per heavy atom. The van der Waals surface area contributed by atoms with Crippen LogP contribution in [0.25, 0.3) is 0 Å². The van der Waals surface area contributed by atoms with Crippen molar-refractivity contribution < 1.29 is 23.1 Å². The van der Waals surface area contributed by atoms with Crippen LogP contribution in [0, 0.1) is 5.82 Å². The molecule has 0 atom stereocenters. The Morgan fingerprint density at radius 2 is 1.71 bits per heavy atom. The molecule has 4 aromatic rings. The second kappa shape index (κ2) is 10.5. The first-order chi connectivity index (χ1) is 16.5. The first-order valence-electron chi connectivity index (χ1n) is 10.6. The molecular formula is C27H23FN2O4. The molecule has 34 heavy (non-hydrogen) atoms. The van der Waals surface area contributed by atoms with Gasteiger partial charge < -0.3 is 19.4 Å². The van der Waals surface area contributed by atoms with E-state index in [1.165, 1.54) is 23.3 Å². The van der Waals surface area contributed by atoms with Crippen LogP contribution in [0.15, 0.2) is 95.6 Å². The van der Waals surface area contributed by atoms with E-state index >= 15 is 0 Å². The third kappa shape index (κ3) is 5.69. The molecule has 0 fully saturated rings. The van der Waals surface area contributed by atoms with Crippen molar-refractivity contribution in [3.8, 4) is 5.75 Å². The van der Waals surface area contributed by atoms with Crippen molar-refractivity contribution in [1.82, 2.24) is 0 Å². The number of furan rings is 1. The molecule has 0 radical (unpaired) electrons. The van der Waals surface area contributed by atoms with Crippen molar-refractivity contribution in [3.63, 3.8) is 0 Å². The molecule has 4 rings (SSSR count). The second-order valence-corrected chi connectivity index (χ2v) is 7.62. The Hall–Kier alpha value is -4.39. The summed E-state index contributed by atoms with van der Waals surface area (Å²) in [6.07, 6.45) is 1.56. The summed E-state index contributed by atoms with van der Waals surface area (Å²) in [5, 5.41) is 2.86. The van der Waals surface area contributed by atoms with Gasteiger partial charge in [0.05, 0.1) is 26.3 Å². The molecule has 1 N–H and O–H groups in total. The topological polar surface area (TPSA) is 71.8 Å². The predicted octanol–water partition coefficient (Wildman–Crippen LogP) is 5.46. The first kappa shape index (κ1) is 22.8. The molecule has 0 aliphatic carbocycles. The summed E-state index contributed by atoms with van der Waals surface area (Å²) in [4.78, 5) is 27.3. The van der Waals surface area contributed by atoms with Gasteiger partial charge in [0.25, 0.3) is 5.91 Å². The third-order valence-corrected chi connectivity index (χ3v) is 5.19. The fourth-order valence-electron chi connectivity index (χ4n) is 3.49. The normalized spacial score (nSPS) is 10.5. The molecule has 0 aliphatic heterocycles. The number of amides is 2. The highest BCUT2D eigenvalue weighted by atomic mass is 19.1. The Labute approximate surface area is 196 Å². The molecule has 3 aromatic carbocycles. The Morgan fingerprint density at radius 3 is 2.38 bits per heavy atom. The molecule has 1 aromatic heterocycles. The number of methoxy groups -OCH3 is 1. The quantitative estimate of drug-likeness (QED) is 0.381. The van der Waals surface area contributed by atoms with E-state index in [1.807, 2.05) is 6.07 Å². The number of nitrogens with zero attached hydrogens (tertiary/aromatic N) is 1. The van der Waals surface area contributed by atoms with Gasteiger partial charge in [-0.1, -0.05) is 24.3 Å². The average molecular weight is 458 g/mol. The zero-order valence-electron chi connectivity index (χ0n) is 18.5. The Balaban J connectivity index is 1.53. The number of hydrogen-bond acceptors (Lipinski definition) is 4. The van der Waals surface area contributed by atoms with Crippen LogP contribution >= 0.6 is 0 Å². The van der Waals surface area contributed by atoms with Gasteiger partial charge >= 0.3 is 0 Å². The summed E-state index contributed by atoms with van der Waals surface area (Å²) < 4.78 is 23.8. The highest BCUT2D eigenvalue weighted by molar-refractivity contribution is 6.04. The number of nitrogens with one attached hydrogen (secondary N) is 1. The SMILES string of the molecule is COc1ccc(NC(=O)Cc2cccc(N(Cc3ccc(F)cc3)C(=O)c3ccco3)c2)cc1. The van der Waals surface area contributed by atoms with Crippen molar-refractivity contribution in [3.05, 3.63) is 114 Å². The molecule has 0 bridgehead atoms. The van der Waals surface area contributed by atoms with Crippen molar-refractivity contribution in [2.45, 2.75) is 13.0 Å². The smallest absolute Gasteiger partial charge is 0.294 e. The molecule has 0 unspecified atom stereocenters. The van der Waals surface area contributed by atoms with E-state index in [9.17, 15) is 14.0 Å². The minimum absolute atomic E-state index is 0.124. The van der Waals surface area contributed by atoms with Crippen LogP contribution in [0.4, 0.5) is 15.8 Å². The van der Waals surface area contributed by atoms with E-state index in [4.69, 9.17) is 9.15 Å². The molecular weight excluding hydrogens is 435 g/mol. The Kier molecular flexibility index (Phi) is 7.03. The van der Waals surface area contributed by atoms with Crippen LogP contribution in [-0.4, -0.2) is 18.9 Å². The predicted molar refractivity (Wildman–Crippen MR) is 127 cm³/mol. The van der Waals surface area contributed by atoms with Gasteiger partial charge in [0.2, 0.25) is 5.91 Å². The number of carbonyl (C=O) groups is 2. The third-order valence-electron chi connectivity index (χ3n) is 5.19. The average Bonchev–Trinajstić information content (AvgIpc) is 3.39. The number of hydrogen-bond donors (Lipinski definition) is 1. The van der Waals surface area contributed by atoms with E-state index in [2.05, 4.69) is 5.32 Å². The van der Waals surface area contributed by atoms with Gasteiger partial charge in [-0.2, -0.15) is 0 Å². The number of ether oxygens (including phenoxy) is 1. The minimum atomic E-state index is -0.350. The van der Waals surface area contributed by atoms with E-state index in [0.29, 0.717) is 17.1 Å². The molecule has 0 saturated carbocycles. The zero-order valence-corrected chi connectivity index (χ0v) is 18.5. The molecule has 6 nitrogen and oxygen atoms in total. The van der Waals surface area contributed by atoms with Gasteiger partial charge in [-0.05, 0) is 71.8 Å². The number of rotatable bonds is 8. The van der Waals surface area contributed by atoms with Crippen LogP contribution in [-0.2, 0) is 17.8 Å². The van der Waals surface area contributed by atoms with Crippen LogP contribution in [0.1, 0.15) is 21.7 Å². The summed E-state index contributed by atoms with van der Waals surface area (Å²) >= 11 is 0. The summed E-state index contributed by atoms with van der Waals surface area (Å²) in [6, 6.07) is 23.4. The van der Waals surface area contributed by atoms with E-state index in [0.717, 1.165) is 11.1 Å². The summed E-state index contributed by atoms with van der Waals surface area (Å²) in [6.45, 7) is 0.210. The lowest BCUT2D eigenvalue weighted by molar-refractivity contribution is -0.115. The van der Waals surface area contributed by atoms with E-state index in [-0.39, 0.29) is 36.4 Å². The maximum absolute atomic E-state index is 13.4. The van der Waals surface area contributed by atoms with Crippen molar-refractivity contribution in [1.29, 1.82) is 0 Å². The lowest BCUT2D eigenvalue weighted by Gasteiger charge is -2.23. The zero-order chi connectivity index (χ0) is 23.9. The lowest BCUT2D eigenvalue weighted by Crippen LogP contribution is -2.30. The highest BCUT2D eigenvalue weighted by Crippen LogP contribution is 2.23. The van der Waals surface area contributed by atoms with Crippen molar-refractivity contribution in [2.24, 2.45) is 0 Å². The molecule has 7 heteroatoms. The van der Waals surface area contributed by atoms with Crippen LogP contribution in [0.5, 0.6) is 5.75 Å². The van der Waals surface area contributed by atoms with Crippen molar-refractivity contribution in [2.75, 3.05) is 17.3 Å². The van der Waals surface area contributed by atoms with Crippen molar-refractivity contribution >= 4 is 23.2 Å². The molecule has 0 aliphatic rings. The van der Waals surface area contributed by atoms with Crippen LogP contribution in [0.2, 0.25) is 0 Å². The van der Waals surface area contributed by atoms with E-state index in [1.54, 1.807) is 73.8 Å². The first-order valence-corrected chi connectivity index (χ1v) is 10.6. The molecule has 0 spiro atoms. The maximum atomic E-state index is 13.4. The molecule has 0 saturated heterocycles. The maximum Gasteiger partial charge on any atom is 0.294 e. The van der Waals surface area contributed by atoms with Gasteiger partial charge in [-0.25, -0.2) is 4.39 Å². The summed E-state index contributed by atoms with van der Waals surface area (Å²) in [5.74, 6) is 0.00869. The van der Waals surface area contributed by atoms with Gasteiger partial charge in [0.1, 0.15) is 11.6 Å².